The number of hydrogen-bond acceptors (Lipinski definition) is 7. The second-order valence-electron chi connectivity index (χ2n) is 9.84. The number of aromatic nitrogens is 4. The molecule has 3 unspecified atom stereocenters. The third kappa shape index (κ3) is 3.54. The van der Waals surface area contributed by atoms with E-state index in [4.69, 9.17) is 15.6 Å². The second-order valence-corrected chi connectivity index (χ2v) is 9.84. The maximum Gasteiger partial charge on any atom is 0.164 e. The third-order valence-electron chi connectivity index (χ3n) is 7.64. The summed E-state index contributed by atoms with van der Waals surface area (Å²) >= 11 is 0. The van der Waals surface area contributed by atoms with Crippen LogP contribution in [0, 0.1) is 29.6 Å². The van der Waals surface area contributed by atoms with E-state index in [1.54, 1.807) is 0 Å². The van der Waals surface area contributed by atoms with Crippen LogP contribution in [0.1, 0.15) is 53.3 Å². The van der Waals surface area contributed by atoms with Crippen molar-refractivity contribution in [3.63, 3.8) is 0 Å². The van der Waals surface area contributed by atoms with Gasteiger partial charge in [0.15, 0.2) is 5.65 Å². The maximum absolute atomic E-state index is 10.2. The van der Waals surface area contributed by atoms with E-state index >= 15 is 0 Å². The monoisotopic (exact) mass is 449 g/mol. The number of rotatable bonds is 6. The highest BCUT2D eigenvalue weighted by Crippen LogP contribution is 2.52. The summed E-state index contributed by atoms with van der Waals surface area (Å²) in [7, 11) is 0. The van der Waals surface area contributed by atoms with Gasteiger partial charge in [0.2, 0.25) is 0 Å². The lowest BCUT2D eigenvalue weighted by molar-refractivity contribution is -0.0747. The number of allylic oxidation sites excluding steroid dienone is 2. The molecule has 3 atom stereocenters. The minimum absolute atomic E-state index is 0.122. The van der Waals surface area contributed by atoms with Gasteiger partial charge in [0.05, 0.1) is 29.3 Å². The first-order valence-electron chi connectivity index (χ1n) is 11.8. The van der Waals surface area contributed by atoms with Crippen LogP contribution in [-0.2, 0) is 4.74 Å². The molecule has 4 rings (SSSR count). The van der Waals surface area contributed by atoms with Crippen LogP contribution < -0.4 is 5.73 Å². The molecular formula is C25H35N7O. The average Bonchev–Trinajstić information content (AvgIpc) is 3.06. The smallest absolute Gasteiger partial charge is 0.164 e. The molecule has 0 spiro atoms. The summed E-state index contributed by atoms with van der Waals surface area (Å²) in [5.74, 6) is 0.775. The van der Waals surface area contributed by atoms with E-state index in [1.165, 1.54) is 6.33 Å². The number of nitrogens with zero attached hydrogens (tertiary/aromatic N) is 6. The van der Waals surface area contributed by atoms with Crippen molar-refractivity contribution >= 4 is 16.9 Å². The van der Waals surface area contributed by atoms with E-state index in [0.29, 0.717) is 30.0 Å². The number of likely N-dealkylation sites (tertiary alicyclic amines) is 1. The highest BCUT2D eigenvalue weighted by atomic mass is 16.5. The molecule has 8 heteroatoms. The maximum atomic E-state index is 10.2. The molecule has 1 aliphatic carbocycles. The van der Waals surface area contributed by atoms with Crippen LogP contribution in [0.5, 0.6) is 0 Å². The van der Waals surface area contributed by atoms with Crippen LogP contribution in [0.3, 0.4) is 0 Å². The molecule has 2 N–H and O–H groups in total. The van der Waals surface area contributed by atoms with Crippen LogP contribution in [-0.4, -0.2) is 56.5 Å². The molecule has 2 aromatic heterocycles. The average molecular weight is 450 g/mol. The number of nitriles is 1. The zero-order valence-electron chi connectivity index (χ0n) is 20.8. The van der Waals surface area contributed by atoms with Gasteiger partial charge in [-0.3, -0.25) is 0 Å². The van der Waals surface area contributed by atoms with Crippen molar-refractivity contribution < 1.29 is 4.74 Å². The first-order valence-corrected chi connectivity index (χ1v) is 11.8. The van der Waals surface area contributed by atoms with Crippen molar-refractivity contribution in [2.24, 2.45) is 11.3 Å². The van der Waals surface area contributed by atoms with Crippen LogP contribution in [0.2, 0.25) is 0 Å². The lowest BCUT2D eigenvalue weighted by atomic mass is 9.59. The Labute approximate surface area is 196 Å². The van der Waals surface area contributed by atoms with Gasteiger partial charge in [-0.2, -0.15) is 10.4 Å². The number of ether oxygens (including phenoxy) is 1. The molecule has 176 valence electrons. The summed E-state index contributed by atoms with van der Waals surface area (Å²) in [6, 6.07) is 2.91. The Morgan fingerprint density at radius 3 is 2.58 bits per heavy atom. The molecule has 8 nitrogen and oxygen atoms in total. The van der Waals surface area contributed by atoms with Gasteiger partial charge in [-0.25, -0.2) is 14.6 Å². The van der Waals surface area contributed by atoms with Crippen molar-refractivity contribution in [2.45, 2.75) is 66.7 Å². The molecule has 2 aromatic rings. The predicted octanol–water partition coefficient (Wildman–Crippen LogP) is 3.81. The van der Waals surface area contributed by atoms with Crippen LogP contribution >= 0.6 is 0 Å². The molecule has 0 radical (unpaired) electrons. The molecule has 1 saturated heterocycles. The van der Waals surface area contributed by atoms with Gasteiger partial charge in [0.25, 0.3) is 0 Å². The second kappa shape index (κ2) is 8.54. The molecule has 0 saturated carbocycles. The Balaban J connectivity index is 1.82. The molecule has 1 aliphatic heterocycles. The number of fused-ring (bicyclic) bond motifs is 1. The van der Waals surface area contributed by atoms with E-state index in [1.807, 2.05) is 25.5 Å². The number of nitrogen functional groups attached to an aromatic ring is 1. The van der Waals surface area contributed by atoms with Crippen LogP contribution in [0.15, 0.2) is 29.1 Å². The van der Waals surface area contributed by atoms with Gasteiger partial charge in [0, 0.05) is 36.7 Å². The highest BCUT2D eigenvalue weighted by Gasteiger charge is 2.54. The minimum atomic E-state index is -0.412. The van der Waals surface area contributed by atoms with Gasteiger partial charge in [-0.1, -0.05) is 13.0 Å². The summed E-state index contributed by atoms with van der Waals surface area (Å²) in [5.41, 5.74) is 10.2. The Morgan fingerprint density at radius 1 is 1.27 bits per heavy atom. The Bertz CT molecular complexity index is 1170. The standard InChI is InChI=1S/C25H35N7O/c1-8-33-22-19(17(6)32-24-21(16(5)30-32)23(27)28-13-29-24)9-15(4)20(10-26)25(22,7)18-11-31(12-18)14(2)3/h9,13-14,17-18,22H,8,11-12H2,1-7H3,(H2,27,28,29). The van der Waals surface area contributed by atoms with Gasteiger partial charge >= 0.3 is 0 Å². The normalized spacial score (nSPS) is 25.3. The lowest BCUT2D eigenvalue weighted by Crippen LogP contribution is -2.61. The van der Waals surface area contributed by atoms with Crippen LogP contribution in [0.4, 0.5) is 5.82 Å². The van der Waals surface area contributed by atoms with Crippen molar-refractivity contribution in [3.8, 4) is 6.07 Å². The third-order valence-corrected chi connectivity index (χ3v) is 7.64. The predicted molar refractivity (Wildman–Crippen MR) is 129 cm³/mol. The molecule has 0 bridgehead atoms. The van der Waals surface area contributed by atoms with Crippen molar-refractivity contribution in [1.82, 2.24) is 24.6 Å². The van der Waals surface area contributed by atoms with Gasteiger partial charge in [0.1, 0.15) is 12.1 Å². The van der Waals surface area contributed by atoms with Crippen LogP contribution in [0.25, 0.3) is 11.0 Å². The number of hydrogen-bond donors (Lipinski definition) is 1. The largest absolute Gasteiger partial charge is 0.383 e. The van der Waals surface area contributed by atoms with Gasteiger partial charge in [-0.15, -0.1) is 0 Å². The number of nitrogens with two attached hydrogens (primary N) is 1. The van der Waals surface area contributed by atoms with Crippen molar-refractivity contribution in [2.75, 3.05) is 25.4 Å². The number of anilines is 1. The van der Waals surface area contributed by atoms with Gasteiger partial charge in [-0.05, 0) is 58.6 Å². The molecule has 2 aliphatic rings. The van der Waals surface area contributed by atoms with E-state index in [0.717, 1.165) is 40.9 Å². The lowest BCUT2D eigenvalue weighted by Gasteiger charge is -2.55. The fourth-order valence-corrected chi connectivity index (χ4v) is 5.60. The SMILES string of the molecule is CCOC1C(C(C)n2nc(C)c3c(N)ncnc32)=CC(C)=C(C#N)C1(C)C1CN(C(C)C)C1. The first kappa shape index (κ1) is 23.4. The molecule has 0 aromatic carbocycles. The zero-order chi connectivity index (χ0) is 24.1. The summed E-state index contributed by atoms with van der Waals surface area (Å²) in [4.78, 5) is 11.1. The Kier molecular flexibility index (Phi) is 6.06. The molecule has 3 heterocycles. The Hall–Kier alpha value is -2.76. The van der Waals surface area contributed by atoms with E-state index < -0.39 is 5.41 Å². The first-order chi connectivity index (χ1) is 15.6. The van der Waals surface area contributed by atoms with Crippen molar-refractivity contribution in [1.29, 1.82) is 5.26 Å². The molecule has 1 fully saturated rings. The molecular weight excluding hydrogens is 414 g/mol. The number of aryl methyl sites for hydroxylation is 1. The van der Waals surface area contributed by atoms with E-state index in [-0.39, 0.29) is 12.1 Å². The van der Waals surface area contributed by atoms with E-state index in [9.17, 15) is 5.26 Å². The van der Waals surface area contributed by atoms with Crippen molar-refractivity contribution in [3.05, 3.63) is 34.8 Å². The summed E-state index contributed by atoms with van der Waals surface area (Å²) in [6.07, 6.45) is 3.38. The quantitative estimate of drug-likeness (QED) is 0.715. The van der Waals surface area contributed by atoms with E-state index in [2.05, 4.69) is 54.7 Å². The fraction of sp³-hybridized carbons (Fsp3) is 0.600. The molecule has 33 heavy (non-hydrogen) atoms. The zero-order valence-corrected chi connectivity index (χ0v) is 20.8. The summed E-state index contributed by atoms with van der Waals surface area (Å²) in [5, 5.41) is 15.8. The highest BCUT2D eigenvalue weighted by molar-refractivity contribution is 5.88. The summed E-state index contributed by atoms with van der Waals surface area (Å²) < 4.78 is 8.38. The topological polar surface area (TPSA) is 106 Å². The van der Waals surface area contributed by atoms with Gasteiger partial charge < -0.3 is 15.4 Å². The molecule has 0 amide bonds. The summed E-state index contributed by atoms with van der Waals surface area (Å²) in [6.45, 7) is 17.2. The minimum Gasteiger partial charge on any atom is -0.383 e. The Morgan fingerprint density at radius 2 is 1.97 bits per heavy atom. The fourth-order valence-electron chi connectivity index (χ4n) is 5.60.